The second-order valence-corrected chi connectivity index (χ2v) is 9.20. The van der Waals surface area contributed by atoms with Crippen molar-refractivity contribution in [3.05, 3.63) is 72.6 Å². The normalized spacial score (nSPS) is 12.9. The maximum Gasteiger partial charge on any atom is 0.303 e. The molecule has 0 N–H and O–H groups in total. The highest BCUT2D eigenvalue weighted by Crippen LogP contribution is 2.53. The molecule has 8 heteroatoms. The van der Waals surface area contributed by atoms with Crippen molar-refractivity contribution in [1.29, 1.82) is 0 Å². The monoisotopic (exact) mass is 430 g/mol. The fourth-order valence-corrected chi connectivity index (χ4v) is 5.66. The third-order valence-corrected chi connectivity index (χ3v) is 7.40. The Morgan fingerprint density at radius 3 is 1.87 bits per heavy atom. The average Bonchev–Trinajstić information content (AvgIpc) is 2.75. The smallest absolute Gasteiger partial charge is 0.303 e. The fraction of sp³-hybridized carbons (Fsp3) is 0.227. The summed E-state index contributed by atoms with van der Waals surface area (Å²) in [6, 6.07) is 17.2. The lowest BCUT2D eigenvalue weighted by atomic mass is 10.2. The number of hydrogen-bond acceptors (Lipinski definition) is 7. The quantitative estimate of drug-likeness (QED) is 0.247. The summed E-state index contributed by atoms with van der Waals surface area (Å²) in [5.41, 5.74) is 0. The standard InChI is InChI=1S/C22H23O7P/c1-16(22(29-18(3)25)21(28-15-23)14-27-17(2)24)30(26,19-10-6-4-7-11-19)20-12-8-5-9-13-20/h4-13,15,21-22H,1,14H2,2-3H3/t21-,22+/m1/s1. The molecule has 0 aliphatic carbocycles. The van der Waals surface area contributed by atoms with Gasteiger partial charge in [0.1, 0.15) is 6.61 Å². The first-order valence-corrected chi connectivity index (χ1v) is 10.8. The highest BCUT2D eigenvalue weighted by atomic mass is 31.2. The molecular formula is C22H23O7P. The van der Waals surface area contributed by atoms with Gasteiger partial charge in [-0.1, -0.05) is 67.2 Å². The maximum atomic E-state index is 14.4. The van der Waals surface area contributed by atoms with E-state index in [2.05, 4.69) is 6.58 Å². The maximum absolute atomic E-state index is 14.4. The molecule has 2 aromatic rings. The predicted octanol–water partition coefficient (Wildman–Crippen LogP) is 2.55. The SMILES string of the molecule is C=C([C@H](OC(C)=O)[C@@H](COC(C)=O)OC=O)P(=O)(c1ccccc1)c1ccccc1. The molecule has 0 saturated heterocycles. The lowest BCUT2D eigenvalue weighted by Gasteiger charge is -2.31. The van der Waals surface area contributed by atoms with Crippen LogP contribution in [0.4, 0.5) is 0 Å². The van der Waals surface area contributed by atoms with E-state index < -0.39 is 37.9 Å². The minimum absolute atomic E-state index is 0.0362. The lowest BCUT2D eigenvalue weighted by Crippen LogP contribution is -2.40. The first-order valence-electron chi connectivity index (χ1n) is 9.11. The Morgan fingerprint density at radius 2 is 1.47 bits per heavy atom. The molecule has 0 amide bonds. The van der Waals surface area contributed by atoms with Crippen molar-refractivity contribution >= 4 is 36.2 Å². The van der Waals surface area contributed by atoms with Gasteiger partial charge in [0.2, 0.25) is 0 Å². The number of esters is 2. The summed E-state index contributed by atoms with van der Waals surface area (Å²) in [5, 5.41) is 0.973. The zero-order chi connectivity index (χ0) is 22.1. The molecule has 0 aliphatic rings. The van der Waals surface area contributed by atoms with Gasteiger partial charge in [0.25, 0.3) is 6.47 Å². The van der Waals surface area contributed by atoms with E-state index in [9.17, 15) is 18.9 Å². The molecule has 158 valence electrons. The molecule has 7 nitrogen and oxygen atoms in total. The molecule has 0 bridgehead atoms. The van der Waals surface area contributed by atoms with Crippen LogP contribution in [0.1, 0.15) is 13.8 Å². The Kier molecular flexibility index (Phi) is 8.13. The van der Waals surface area contributed by atoms with Crippen LogP contribution in [-0.4, -0.2) is 37.2 Å². The first-order chi connectivity index (χ1) is 14.3. The summed E-state index contributed by atoms with van der Waals surface area (Å²) in [6.07, 6.45) is -2.53. The van der Waals surface area contributed by atoms with Gasteiger partial charge in [0, 0.05) is 29.8 Å². The minimum Gasteiger partial charge on any atom is -0.462 e. The zero-order valence-electron chi connectivity index (χ0n) is 16.7. The molecule has 0 radical (unpaired) electrons. The molecule has 30 heavy (non-hydrogen) atoms. The van der Waals surface area contributed by atoms with Gasteiger partial charge in [0.15, 0.2) is 19.3 Å². The van der Waals surface area contributed by atoms with Gasteiger partial charge in [-0.15, -0.1) is 0 Å². The van der Waals surface area contributed by atoms with E-state index in [4.69, 9.17) is 14.2 Å². The Balaban J connectivity index is 2.60. The summed E-state index contributed by atoms with van der Waals surface area (Å²) in [5.74, 6) is -1.31. The van der Waals surface area contributed by atoms with Crippen LogP contribution >= 0.6 is 7.14 Å². The van der Waals surface area contributed by atoms with Crippen LogP contribution in [0.3, 0.4) is 0 Å². The van der Waals surface area contributed by atoms with Crippen LogP contribution < -0.4 is 10.6 Å². The third kappa shape index (κ3) is 5.45. The second kappa shape index (κ2) is 10.6. The number of benzene rings is 2. The predicted molar refractivity (Wildman–Crippen MR) is 112 cm³/mol. The lowest BCUT2D eigenvalue weighted by molar-refractivity contribution is -0.163. The number of carbonyl (C=O) groups is 3. The van der Waals surface area contributed by atoms with E-state index in [1.807, 2.05) is 0 Å². The summed E-state index contributed by atoms with van der Waals surface area (Å²) < 4.78 is 29.8. The van der Waals surface area contributed by atoms with Gasteiger partial charge >= 0.3 is 11.9 Å². The Morgan fingerprint density at radius 1 is 0.967 bits per heavy atom. The molecular weight excluding hydrogens is 407 g/mol. The molecule has 2 rings (SSSR count). The Bertz CT molecular complexity index is 897. The minimum atomic E-state index is -3.56. The molecule has 0 fully saturated rings. The number of rotatable bonds is 10. The van der Waals surface area contributed by atoms with Crippen LogP contribution in [0.15, 0.2) is 72.6 Å². The van der Waals surface area contributed by atoms with Gasteiger partial charge < -0.3 is 18.8 Å². The van der Waals surface area contributed by atoms with Gasteiger partial charge in [-0.25, -0.2) is 0 Å². The second-order valence-electron chi connectivity index (χ2n) is 6.38. The summed E-state index contributed by atoms with van der Waals surface area (Å²) >= 11 is 0. The van der Waals surface area contributed by atoms with Crippen LogP contribution in [0.25, 0.3) is 0 Å². The average molecular weight is 430 g/mol. The molecule has 0 heterocycles. The molecule has 0 unspecified atom stereocenters. The zero-order valence-corrected chi connectivity index (χ0v) is 17.6. The number of ether oxygens (including phenoxy) is 3. The van der Waals surface area contributed by atoms with Gasteiger partial charge in [0.05, 0.1) is 0 Å². The van der Waals surface area contributed by atoms with Crippen LogP contribution in [0.2, 0.25) is 0 Å². The fourth-order valence-electron chi connectivity index (χ4n) is 2.94. The third-order valence-electron chi connectivity index (χ3n) is 4.28. The van der Waals surface area contributed by atoms with Crippen molar-refractivity contribution in [2.24, 2.45) is 0 Å². The number of carbonyl (C=O) groups excluding carboxylic acids is 3. The van der Waals surface area contributed by atoms with Gasteiger partial charge in [-0.3, -0.25) is 14.4 Å². The van der Waals surface area contributed by atoms with Crippen molar-refractivity contribution in [2.75, 3.05) is 6.61 Å². The first kappa shape index (κ1) is 23.1. The van der Waals surface area contributed by atoms with E-state index in [0.717, 1.165) is 0 Å². The summed E-state index contributed by atoms with van der Waals surface area (Å²) in [7, 11) is -3.56. The van der Waals surface area contributed by atoms with Gasteiger partial charge in [-0.05, 0) is 0 Å². The van der Waals surface area contributed by atoms with E-state index >= 15 is 0 Å². The Labute approximate surface area is 175 Å². The van der Waals surface area contributed by atoms with Crippen molar-refractivity contribution in [3.63, 3.8) is 0 Å². The highest BCUT2D eigenvalue weighted by molar-refractivity contribution is 7.82. The highest BCUT2D eigenvalue weighted by Gasteiger charge is 2.41. The van der Waals surface area contributed by atoms with E-state index in [1.165, 1.54) is 13.8 Å². The van der Waals surface area contributed by atoms with Crippen molar-refractivity contribution < 1.29 is 33.2 Å². The summed E-state index contributed by atoms with van der Waals surface area (Å²) in [4.78, 5) is 34.1. The van der Waals surface area contributed by atoms with E-state index in [-0.39, 0.29) is 11.8 Å². The molecule has 2 aromatic carbocycles. The summed E-state index contributed by atoms with van der Waals surface area (Å²) in [6.45, 7) is 6.09. The largest absolute Gasteiger partial charge is 0.462 e. The van der Waals surface area contributed by atoms with Crippen molar-refractivity contribution in [2.45, 2.75) is 26.1 Å². The van der Waals surface area contributed by atoms with E-state index in [1.54, 1.807) is 60.7 Å². The molecule has 2 atom stereocenters. The number of hydrogen-bond donors (Lipinski definition) is 0. The Hall–Kier alpha value is -3.18. The molecule has 0 aliphatic heterocycles. The van der Waals surface area contributed by atoms with Crippen LogP contribution in [0.5, 0.6) is 0 Å². The van der Waals surface area contributed by atoms with E-state index in [0.29, 0.717) is 10.6 Å². The molecule has 0 saturated carbocycles. The van der Waals surface area contributed by atoms with Crippen LogP contribution in [-0.2, 0) is 33.2 Å². The topological polar surface area (TPSA) is 96.0 Å². The van der Waals surface area contributed by atoms with Gasteiger partial charge in [-0.2, -0.15) is 0 Å². The van der Waals surface area contributed by atoms with Crippen LogP contribution in [0, 0.1) is 0 Å². The van der Waals surface area contributed by atoms with Crippen molar-refractivity contribution in [3.8, 4) is 0 Å². The molecule has 0 aromatic heterocycles. The van der Waals surface area contributed by atoms with Crippen molar-refractivity contribution in [1.82, 2.24) is 0 Å². The molecule has 0 spiro atoms.